The largest absolute Gasteiger partial charge is 0.417 e. The standard InChI is InChI=1S/C28H16F7N5O2S/c1-26(2)24(42)39(17-6-4-15(13-37)21(10-17)28(33,34)35)25(43)40(26)18-7-8-19(22(29)11-18)23(41)38-16-5-3-14(12-36)20(9-16)27(30,31)32/h3-11H,1-2H3,(H,38,41). The summed E-state index contributed by atoms with van der Waals surface area (Å²) in [5.41, 5.74) is -6.76. The summed E-state index contributed by atoms with van der Waals surface area (Å²) in [7, 11) is 0. The van der Waals surface area contributed by atoms with E-state index in [4.69, 9.17) is 22.7 Å². The summed E-state index contributed by atoms with van der Waals surface area (Å²) in [4.78, 5) is 28.0. The van der Waals surface area contributed by atoms with Crippen molar-refractivity contribution in [3.63, 3.8) is 0 Å². The summed E-state index contributed by atoms with van der Waals surface area (Å²) < 4.78 is 95.6. The van der Waals surface area contributed by atoms with Gasteiger partial charge in [0.15, 0.2) is 5.11 Å². The van der Waals surface area contributed by atoms with E-state index < -0.39 is 63.3 Å². The van der Waals surface area contributed by atoms with Crippen LogP contribution < -0.4 is 15.1 Å². The van der Waals surface area contributed by atoms with Crippen LogP contribution in [0.4, 0.5) is 47.8 Å². The van der Waals surface area contributed by atoms with Gasteiger partial charge in [0.25, 0.3) is 11.8 Å². The van der Waals surface area contributed by atoms with Crippen molar-refractivity contribution in [3.05, 3.63) is 88.2 Å². The van der Waals surface area contributed by atoms with E-state index in [9.17, 15) is 35.9 Å². The Kier molecular flexibility index (Phi) is 7.67. The predicted octanol–water partition coefficient (Wildman–Crippen LogP) is 6.78. The highest BCUT2D eigenvalue weighted by Crippen LogP contribution is 2.40. The van der Waals surface area contributed by atoms with Crippen LogP contribution in [0.1, 0.15) is 46.5 Å². The number of thiocarbonyl (C=S) groups is 1. The number of halogens is 7. The molecule has 1 aliphatic heterocycles. The number of amides is 2. The number of rotatable bonds is 4. The number of hydrogen-bond acceptors (Lipinski definition) is 5. The van der Waals surface area contributed by atoms with Crippen molar-refractivity contribution in [2.45, 2.75) is 31.7 Å². The topological polar surface area (TPSA) is 100 Å². The first-order chi connectivity index (χ1) is 19.9. The van der Waals surface area contributed by atoms with Gasteiger partial charge in [0, 0.05) is 11.4 Å². The van der Waals surface area contributed by atoms with Gasteiger partial charge in [-0.3, -0.25) is 14.5 Å². The van der Waals surface area contributed by atoms with Crippen molar-refractivity contribution in [3.8, 4) is 12.1 Å². The molecule has 0 saturated carbocycles. The smallest absolute Gasteiger partial charge is 0.322 e. The van der Waals surface area contributed by atoms with E-state index in [2.05, 4.69) is 5.32 Å². The average molecular weight is 620 g/mol. The van der Waals surface area contributed by atoms with Crippen LogP contribution in [0, 0.1) is 28.5 Å². The molecule has 1 heterocycles. The Balaban J connectivity index is 1.66. The van der Waals surface area contributed by atoms with Crippen LogP contribution >= 0.6 is 12.2 Å². The van der Waals surface area contributed by atoms with Gasteiger partial charge < -0.3 is 10.2 Å². The van der Waals surface area contributed by atoms with Crippen LogP contribution in [0.25, 0.3) is 0 Å². The van der Waals surface area contributed by atoms with E-state index >= 15 is 4.39 Å². The lowest BCUT2D eigenvalue weighted by atomic mass is 10.0. The molecule has 0 aliphatic carbocycles. The Morgan fingerprint density at radius 1 is 0.860 bits per heavy atom. The number of anilines is 3. The Hall–Kier alpha value is -5.02. The average Bonchev–Trinajstić information content (AvgIpc) is 3.09. The molecule has 0 atom stereocenters. The van der Waals surface area contributed by atoms with Gasteiger partial charge in [-0.2, -0.15) is 36.9 Å². The van der Waals surface area contributed by atoms with Gasteiger partial charge in [-0.1, -0.05) is 0 Å². The molecular formula is C28H16F7N5O2S. The summed E-state index contributed by atoms with van der Waals surface area (Å²) in [6.45, 7) is 2.77. The van der Waals surface area contributed by atoms with E-state index in [0.29, 0.717) is 12.1 Å². The molecule has 220 valence electrons. The van der Waals surface area contributed by atoms with Crippen molar-refractivity contribution in [2.75, 3.05) is 15.1 Å². The fourth-order valence-corrected chi connectivity index (χ4v) is 4.96. The van der Waals surface area contributed by atoms with Crippen LogP contribution in [0.2, 0.25) is 0 Å². The number of carbonyl (C=O) groups is 2. The van der Waals surface area contributed by atoms with Crippen molar-refractivity contribution < 1.29 is 40.3 Å². The van der Waals surface area contributed by atoms with Crippen LogP contribution in [0.3, 0.4) is 0 Å². The molecule has 0 unspecified atom stereocenters. The maximum atomic E-state index is 15.2. The Labute approximate surface area is 244 Å². The minimum absolute atomic E-state index is 0.0534. The molecule has 1 saturated heterocycles. The number of carbonyl (C=O) groups excluding carboxylic acids is 2. The lowest BCUT2D eigenvalue weighted by Gasteiger charge is -2.29. The number of hydrogen-bond donors (Lipinski definition) is 1. The highest BCUT2D eigenvalue weighted by molar-refractivity contribution is 7.81. The lowest BCUT2D eigenvalue weighted by molar-refractivity contribution is -0.138. The monoisotopic (exact) mass is 619 g/mol. The molecule has 2 amide bonds. The second kappa shape index (κ2) is 10.7. The van der Waals surface area contributed by atoms with Gasteiger partial charge in [0.2, 0.25) is 0 Å². The summed E-state index contributed by atoms with van der Waals surface area (Å²) in [6.07, 6.45) is -9.80. The fourth-order valence-electron chi connectivity index (χ4n) is 4.44. The van der Waals surface area contributed by atoms with Gasteiger partial charge in [-0.05, 0) is 80.7 Å². The van der Waals surface area contributed by atoms with Crippen LogP contribution in [-0.4, -0.2) is 22.5 Å². The van der Waals surface area contributed by atoms with Crippen LogP contribution in [-0.2, 0) is 17.1 Å². The first kappa shape index (κ1) is 30.9. The molecule has 1 aliphatic rings. The van der Waals surface area contributed by atoms with Gasteiger partial charge in [-0.15, -0.1) is 0 Å². The zero-order valence-corrected chi connectivity index (χ0v) is 22.7. The minimum atomic E-state index is -4.91. The maximum Gasteiger partial charge on any atom is 0.417 e. The quantitative estimate of drug-likeness (QED) is 0.256. The molecule has 15 heteroatoms. The Bertz CT molecular complexity index is 1770. The van der Waals surface area contributed by atoms with Crippen molar-refractivity contribution >= 4 is 46.2 Å². The minimum Gasteiger partial charge on any atom is -0.322 e. The highest BCUT2D eigenvalue weighted by atomic mass is 32.1. The van der Waals surface area contributed by atoms with E-state index in [0.717, 1.165) is 46.2 Å². The van der Waals surface area contributed by atoms with Gasteiger partial charge in [-0.25, -0.2) is 4.39 Å². The number of benzene rings is 3. The Morgan fingerprint density at radius 2 is 1.40 bits per heavy atom. The molecule has 1 fully saturated rings. The normalized spacial score (nSPS) is 14.9. The molecule has 43 heavy (non-hydrogen) atoms. The second-order valence-corrected chi connectivity index (χ2v) is 10.0. The maximum absolute atomic E-state index is 15.2. The Morgan fingerprint density at radius 3 is 1.93 bits per heavy atom. The molecule has 0 bridgehead atoms. The first-order valence-electron chi connectivity index (χ1n) is 11.9. The lowest BCUT2D eigenvalue weighted by Crippen LogP contribution is -2.44. The number of nitriles is 2. The molecule has 3 aromatic rings. The summed E-state index contributed by atoms with van der Waals surface area (Å²) in [5.74, 6) is -3.04. The molecule has 0 spiro atoms. The molecule has 0 radical (unpaired) electrons. The van der Waals surface area contributed by atoms with Crippen molar-refractivity contribution in [1.82, 2.24) is 0 Å². The third kappa shape index (κ3) is 5.59. The third-order valence-corrected chi connectivity index (χ3v) is 6.88. The zero-order valence-electron chi connectivity index (χ0n) is 21.9. The highest BCUT2D eigenvalue weighted by Gasteiger charge is 2.51. The van der Waals surface area contributed by atoms with E-state index in [1.54, 1.807) is 0 Å². The number of alkyl halides is 6. The third-order valence-electron chi connectivity index (χ3n) is 6.51. The number of nitrogens with one attached hydrogen (secondary N) is 1. The SMILES string of the molecule is CC1(C)C(=O)N(c2ccc(C#N)c(C(F)(F)F)c2)C(=S)N1c1ccc(C(=O)Nc2ccc(C#N)c(C(F)(F)F)c2)c(F)c1. The molecule has 7 nitrogen and oxygen atoms in total. The fraction of sp³-hybridized carbons (Fsp3) is 0.179. The van der Waals surface area contributed by atoms with Gasteiger partial charge in [0.05, 0.1) is 45.6 Å². The summed E-state index contributed by atoms with van der Waals surface area (Å²) in [6, 6.07) is 10.9. The van der Waals surface area contributed by atoms with Gasteiger partial charge >= 0.3 is 12.4 Å². The molecule has 1 N–H and O–H groups in total. The van der Waals surface area contributed by atoms with Crippen molar-refractivity contribution in [1.29, 1.82) is 10.5 Å². The molecule has 0 aromatic heterocycles. The first-order valence-corrected chi connectivity index (χ1v) is 12.3. The van der Waals surface area contributed by atoms with Crippen molar-refractivity contribution in [2.24, 2.45) is 0 Å². The van der Waals surface area contributed by atoms with E-state index in [1.807, 2.05) is 0 Å². The van der Waals surface area contributed by atoms with E-state index in [1.165, 1.54) is 32.1 Å². The summed E-state index contributed by atoms with van der Waals surface area (Å²) >= 11 is 5.40. The molecular weight excluding hydrogens is 603 g/mol. The molecule has 4 rings (SSSR count). The summed E-state index contributed by atoms with van der Waals surface area (Å²) in [5, 5.41) is 19.8. The van der Waals surface area contributed by atoms with Gasteiger partial charge in [0.1, 0.15) is 11.4 Å². The number of nitrogens with zero attached hydrogens (tertiary/aromatic N) is 4. The molecule has 3 aromatic carbocycles. The van der Waals surface area contributed by atoms with Crippen LogP contribution in [0.5, 0.6) is 0 Å². The zero-order chi connectivity index (χ0) is 32.1. The second-order valence-electron chi connectivity index (χ2n) is 9.65. The predicted molar refractivity (Wildman–Crippen MR) is 143 cm³/mol. The van der Waals surface area contributed by atoms with Crippen LogP contribution in [0.15, 0.2) is 54.6 Å². The van der Waals surface area contributed by atoms with E-state index in [-0.39, 0.29) is 22.2 Å².